The molecule has 136 valence electrons. The molecule has 3 aromatic rings. The zero-order valence-corrected chi connectivity index (χ0v) is 14.9. The lowest BCUT2D eigenvalue weighted by Gasteiger charge is -2.19. The van der Waals surface area contributed by atoms with E-state index in [0.29, 0.717) is 11.7 Å². The van der Waals surface area contributed by atoms with E-state index in [1.165, 1.54) is 12.1 Å². The predicted molar refractivity (Wildman–Crippen MR) is 101 cm³/mol. The van der Waals surface area contributed by atoms with Crippen molar-refractivity contribution in [3.8, 4) is 22.4 Å². The Morgan fingerprint density at radius 2 is 1.92 bits per heavy atom. The van der Waals surface area contributed by atoms with Gasteiger partial charge < -0.3 is 10.4 Å². The topological polar surface area (TPSA) is 73.8 Å². The molecule has 6 heteroatoms. The highest BCUT2D eigenvalue weighted by Crippen LogP contribution is 2.31. The van der Waals surface area contributed by atoms with Gasteiger partial charge in [0.25, 0.3) is 0 Å². The number of nitrogens with zero attached hydrogens (tertiary/aromatic N) is 2. The predicted octanol–water partition coefficient (Wildman–Crippen LogP) is 4.10. The molecule has 0 spiro atoms. The average molecular weight is 354 g/mol. The summed E-state index contributed by atoms with van der Waals surface area (Å²) in [4.78, 5) is 4.36. The molecule has 0 bridgehead atoms. The summed E-state index contributed by atoms with van der Waals surface area (Å²) in [6.45, 7) is 4.29. The Balaban J connectivity index is 1.87. The third kappa shape index (κ3) is 4.26. The van der Waals surface area contributed by atoms with E-state index in [1.807, 2.05) is 12.1 Å². The van der Waals surface area contributed by atoms with Gasteiger partial charge in [0.05, 0.1) is 24.5 Å². The second-order valence-electron chi connectivity index (χ2n) is 6.75. The van der Waals surface area contributed by atoms with E-state index >= 15 is 0 Å². The van der Waals surface area contributed by atoms with Gasteiger partial charge in [-0.3, -0.25) is 5.10 Å². The Bertz CT molecular complexity index is 845. The molecule has 0 aliphatic rings. The summed E-state index contributed by atoms with van der Waals surface area (Å²) in [5.41, 5.74) is 3.53. The van der Waals surface area contributed by atoms with E-state index in [9.17, 15) is 9.50 Å². The molecule has 5 nitrogen and oxygen atoms in total. The highest BCUT2D eigenvalue weighted by atomic mass is 19.1. The average Bonchev–Trinajstić information content (AvgIpc) is 3.11. The third-order valence-electron chi connectivity index (χ3n) is 4.17. The van der Waals surface area contributed by atoms with Crippen molar-refractivity contribution in [3.63, 3.8) is 0 Å². The van der Waals surface area contributed by atoms with E-state index < -0.39 is 0 Å². The van der Waals surface area contributed by atoms with Gasteiger partial charge in [-0.15, -0.1) is 0 Å². The van der Waals surface area contributed by atoms with Crippen LogP contribution in [0.5, 0.6) is 0 Å². The Labute approximate surface area is 152 Å². The van der Waals surface area contributed by atoms with Gasteiger partial charge in [-0.1, -0.05) is 13.8 Å². The minimum absolute atomic E-state index is 0.0429. The van der Waals surface area contributed by atoms with E-state index in [-0.39, 0.29) is 18.5 Å². The summed E-state index contributed by atoms with van der Waals surface area (Å²) >= 11 is 0. The zero-order valence-electron chi connectivity index (χ0n) is 14.9. The Kier molecular flexibility index (Phi) is 5.63. The van der Waals surface area contributed by atoms with Crippen molar-refractivity contribution in [1.82, 2.24) is 15.2 Å². The largest absolute Gasteiger partial charge is 0.394 e. The van der Waals surface area contributed by atoms with Crippen molar-refractivity contribution in [3.05, 3.63) is 54.6 Å². The zero-order chi connectivity index (χ0) is 18.5. The van der Waals surface area contributed by atoms with E-state index in [1.54, 1.807) is 24.5 Å². The number of halogens is 1. The normalized spacial score (nSPS) is 12.3. The number of H-pyrrole nitrogens is 1. The first-order valence-electron chi connectivity index (χ1n) is 8.70. The molecule has 1 unspecified atom stereocenters. The number of aliphatic hydroxyl groups excluding tert-OH is 1. The number of aromatic nitrogens is 3. The minimum atomic E-state index is -0.273. The van der Waals surface area contributed by atoms with Crippen LogP contribution in [0.25, 0.3) is 22.4 Å². The van der Waals surface area contributed by atoms with E-state index in [0.717, 1.165) is 28.8 Å². The maximum absolute atomic E-state index is 13.2. The smallest absolute Gasteiger partial charge is 0.126 e. The van der Waals surface area contributed by atoms with Gasteiger partial charge in [0.15, 0.2) is 0 Å². The molecule has 0 radical (unpaired) electrons. The lowest BCUT2D eigenvalue weighted by atomic mass is 10.0. The number of rotatable bonds is 7. The van der Waals surface area contributed by atoms with E-state index in [4.69, 9.17) is 0 Å². The fraction of sp³-hybridized carbons (Fsp3) is 0.300. The Hall–Kier alpha value is -2.73. The summed E-state index contributed by atoms with van der Waals surface area (Å²) in [5.74, 6) is 0.903. The number of anilines is 1. The number of nitrogens with one attached hydrogen (secondary N) is 2. The molecule has 0 saturated heterocycles. The quantitative estimate of drug-likeness (QED) is 0.597. The number of aliphatic hydroxyl groups is 1. The van der Waals surface area contributed by atoms with Crippen LogP contribution in [0, 0.1) is 11.7 Å². The molecule has 1 aromatic carbocycles. The summed E-state index contributed by atoms with van der Waals surface area (Å²) < 4.78 is 13.2. The van der Waals surface area contributed by atoms with Crippen molar-refractivity contribution in [2.45, 2.75) is 26.3 Å². The first-order chi connectivity index (χ1) is 12.6. The van der Waals surface area contributed by atoms with Crippen LogP contribution in [-0.4, -0.2) is 32.9 Å². The van der Waals surface area contributed by atoms with Gasteiger partial charge >= 0.3 is 0 Å². The minimum Gasteiger partial charge on any atom is -0.394 e. The molecule has 0 aliphatic carbocycles. The lowest BCUT2D eigenvalue weighted by Crippen LogP contribution is -2.26. The van der Waals surface area contributed by atoms with Gasteiger partial charge in [-0.25, -0.2) is 9.37 Å². The standard InChI is InChI=1S/C20H23FN4O/c1-13(2)9-17(12-26)24-19-10-15(7-8-22-19)18-11-23-25-20(18)14-3-5-16(21)6-4-14/h3-8,10-11,13,17,26H,9,12H2,1-2H3,(H,22,24)(H,23,25). The molecule has 1 atom stereocenters. The molecular weight excluding hydrogens is 331 g/mol. The molecular formula is C20H23FN4O. The van der Waals surface area contributed by atoms with Crippen molar-refractivity contribution in [2.75, 3.05) is 11.9 Å². The summed E-state index contributed by atoms with van der Waals surface area (Å²) in [5, 5.41) is 20.0. The van der Waals surface area contributed by atoms with Gasteiger partial charge in [0, 0.05) is 17.3 Å². The summed E-state index contributed by atoms with van der Waals surface area (Å²) in [7, 11) is 0. The fourth-order valence-corrected chi connectivity index (χ4v) is 2.98. The molecule has 26 heavy (non-hydrogen) atoms. The number of aromatic amines is 1. The molecule has 0 fully saturated rings. The number of hydrogen-bond donors (Lipinski definition) is 3. The summed E-state index contributed by atoms with van der Waals surface area (Å²) in [6.07, 6.45) is 4.33. The second kappa shape index (κ2) is 8.10. The molecule has 0 aliphatic heterocycles. The van der Waals surface area contributed by atoms with Gasteiger partial charge in [0.2, 0.25) is 0 Å². The van der Waals surface area contributed by atoms with Crippen molar-refractivity contribution in [1.29, 1.82) is 0 Å². The van der Waals surface area contributed by atoms with Crippen LogP contribution in [0.15, 0.2) is 48.8 Å². The number of pyridine rings is 1. The molecule has 2 heterocycles. The first kappa shape index (κ1) is 18.1. The Morgan fingerprint density at radius 1 is 1.15 bits per heavy atom. The molecule has 3 rings (SSSR count). The van der Waals surface area contributed by atoms with Crippen LogP contribution < -0.4 is 5.32 Å². The maximum atomic E-state index is 13.2. The maximum Gasteiger partial charge on any atom is 0.126 e. The monoisotopic (exact) mass is 354 g/mol. The molecule has 3 N–H and O–H groups in total. The summed E-state index contributed by atoms with van der Waals surface area (Å²) in [6, 6.07) is 10.1. The number of benzene rings is 1. The van der Waals surface area contributed by atoms with Crippen LogP contribution in [0.2, 0.25) is 0 Å². The van der Waals surface area contributed by atoms with Crippen LogP contribution in [0.1, 0.15) is 20.3 Å². The Morgan fingerprint density at radius 3 is 2.62 bits per heavy atom. The van der Waals surface area contributed by atoms with Gasteiger partial charge in [-0.2, -0.15) is 5.10 Å². The van der Waals surface area contributed by atoms with Crippen molar-refractivity contribution >= 4 is 5.82 Å². The van der Waals surface area contributed by atoms with Crippen molar-refractivity contribution < 1.29 is 9.50 Å². The second-order valence-corrected chi connectivity index (χ2v) is 6.75. The third-order valence-corrected chi connectivity index (χ3v) is 4.17. The van der Waals surface area contributed by atoms with Crippen LogP contribution in [0.4, 0.5) is 10.2 Å². The highest BCUT2D eigenvalue weighted by molar-refractivity contribution is 5.81. The molecule has 2 aromatic heterocycles. The number of hydrogen-bond acceptors (Lipinski definition) is 4. The SMILES string of the molecule is CC(C)CC(CO)Nc1cc(-c2cn[nH]c2-c2ccc(F)cc2)ccn1. The van der Waals surface area contributed by atoms with Gasteiger partial charge in [-0.05, 0) is 54.3 Å². The molecule has 0 saturated carbocycles. The van der Waals surface area contributed by atoms with E-state index in [2.05, 4.69) is 34.3 Å². The van der Waals surface area contributed by atoms with Crippen LogP contribution >= 0.6 is 0 Å². The lowest BCUT2D eigenvalue weighted by molar-refractivity contribution is 0.259. The fourth-order valence-electron chi connectivity index (χ4n) is 2.98. The highest BCUT2D eigenvalue weighted by Gasteiger charge is 2.13. The van der Waals surface area contributed by atoms with Crippen molar-refractivity contribution in [2.24, 2.45) is 5.92 Å². The van der Waals surface area contributed by atoms with Crippen LogP contribution in [-0.2, 0) is 0 Å². The van der Waals surface area contributed by atoms with Gasteiger partial charge in [0.1, 0.15) is 11.6 Å². The molecule has 0 amide bonds. The van der Waals surface area contributed by atoms with Crippen LogP contribution in [0.3, 0.4) is 0 Å². The first-order valence-corrected chi connectivity index (χ1v) is 8.70.